The number of hydrogen-bond donors (Lipinski definition) is 2. The van der Waals surface area contributed by atoms with Gasteiger partial charge in [-0.15, -0.1) is 0 Å². The Morgan fingerprint density at radius 3 is 2.48 bits per heavy atom. The van der Waals surface area contributed by atoms with Crippen molar-refractivity contribution in [2.24, 2.45) is 5.10 Å². The lowest BCUT2D eigenvalue weighted by atomic mass is 10.2. The summed E-state index contributed by atoms with van der Waals surface area (Å²) >= 11 is 17.9. The normalized spacial score (nSPS) is 10.7. The summed E-state index contributed by atoms with van der Waals surface area (Å²) in [5.74, 6) is -0.986. The molecule has 33 heavy (non-hydrogen) atoms. The fourth-order valence-electron chi connectivity index (χ4n) is 2.70. The smallest absolute Gasteiger partial charge is 0.329 e. The largest absolute Gasteiger partial charge is 0.493 e. The quantitative estimate of drug-likeness (QED) is 0.258. The summed E-state index contributed by atoms with van der Waals surface area (Å²) in [6, 6.07) is 16.8. The van der Waals surface area contributed by atoms with Gasteiger partial charge in [-0.1, -0.05) is 53.0 Å². The minimum absolute atomic E-state index is 0.187. The molecule has 0 saturated carbocycles. The van der Waals surface area contributed by atoms with Crippen LogP contribution in [0.2, 0.25) is 15.1 Å². The second-order valence-electron chi connectivity index (χ2n) is 6.58. The molecule has 0 atom stereocenters. The molecule has 2 amide bonds. The van der Waals surface area contributed by atoms with Crippen molar-refractivity contribution in [3.63, 3.8) is 0 Å². The Bertz CT molecular complexity index is 1200. The Balaban J connectivity index is 1.67. The van der Waals surface area contributed by atoms with Crippen molar-refractivity contribution in [1.29, 1.82) is 0 Å². The van der Waals surface area contributed by atoms with E-state index in [1.54, 1.807) is 54.6 Å². The van der Waals surface area contributed by atoms with Gasteiger partial charge in [-0.3, -0.25) is 9.59 Å². The van der Waals surface area contributed by atoms with Gasteiger partial charge in [0.15, 0.2) is 11.5 Å². The number of methoxy groups -OCH3 is 1. The van der Waals surface area contributed by atoms with Crippen molar-refractivity contribution >= 4 is 58.5 Å². The average molecular weight is 507 g/mol. The second-order valence-corrected chi connectivity index (χ2v) is 7.83. The van der Waals surface area contributed by atoms with E-state index in [4.69, 9.17) is 44.3 Å². The van der Waals surface area contributed by atoms with Crippen molar-refractivity contribution in [3.8, 4) is 11.5 Å². The topological polar surface area (TPSA) is 89.0 Å². The Morgan fingerprint density at radius 2 is 1.76 bits per heavy atom. The van der Waals surface area contributed by atoms with Gasteiger partial charge in [-0.2, -0.15) is 5.10 Å². The highest BCUT2D eigenvalue weighted by Crippen LogP contribution is 2.31. The van der Waals surface area contributed by atoms with E-state index in [0.717, 1.165) is 5.56 Å². The van der Waals surface area contributed by atoms with Gasteiger partial charge in [0.25, 0.3) is 0 Å². The SMILES string of the molecule is COc1cccc(/C=N\NC(=O)C(=O)Nc2cccc(Cl)c2)c1OCc1ccc(Cl)c(Cl)c1. The number of nitrogens with one attached hydrogen (secondary N) is 2. The third-order valence-corrected chi connectivity index (χ3v) is 5.23. The molecule has 0 unspecified atom stereocenters. The average Bonchev–Trinajstić information content (AvgIpc) is 2.80. The zero-order valence-corrected chi connectivity index (χ0v) is 19.5. The van der Waals surface area contributed by atoms with Gasteiger partial charge in [-0.25, -0.2) is 5.43 Å². The van der Waals surface area contributed by atoms with Crippen molar-refractivity contribution in [3.05, 3.63) is 86.9 Å². The van der Waals surface area contributed by atoms with E-state index < -0.39 is 11.8 Å². The Morgan fingerprint density at radius 1 is 0.970 bits per heavy atom. The molecule has 2 N–H and O–H groups in total. The lowest BCUT2D eigenvalue weighted by Gasteiger charge is -2.13. The summed E-state index contributed by atoms with van der Waals surface area (Å²) in [6.45, 7) is 0.187. The van der Waals surface area contributed by atoms with Crippen molar-refractivity contribution in [1.82, 2.24) is 5.43 Å². The number of carbonyl (C=O) groups excluding carboxylic acids is 2. The van der Waals surface area contributed by atoms with E-state index in [1.165, 1.54) is 19.4 Å². The molecule has 3 aromatic carbocycles. The van der Waals surface area contributed by atoms with Crippen LogP contribution in [0, 0.1) is 0 Å². The molecule has 0 saturated heterocycles. The number of amides is 2. The summed E-state index contributed by atoms with van der Waals surface area (Å²) in [5, 5.41) is 7.58. The van der Waals surface area contributed by atoms with Gasteiger partial charge in [0, 0.05) is 16.3 Å². The summed E-state index contributed by atoms with van der Waals surface area (Å²) in [4.78, 5) is 24.1. The fraction of sp³-hybridized carbons (Fsp3) is 0.0870. The molecule has 0 radical (unpaired) electrons. The molecule has 0 aromatic heterocycles. The van der Waals surface area contributed by atoms with Crippen LogP contribution in [0.5, 0.6) is 11.5 Å². The first kappa shape index (κ1) is 24.4. The molecule has 170 valence electrons. The number of anilines is 1. The number of rotatable bonds is 7. The summed E-state index contributed by atoms with van der Waals surface area (Å²) < 4.78 is 11.3. The molecule has 3 aromatic rings. The Labute approximate surface area is 205 Å². The highest BCUT2D eigenvalue weighted by Gasteiger charge is 2.14. The summed E-state index contributed by atoms with van der Waals surface area (Å²) in [6.07, 6.45) is 1.34. The fourth-order valence-corrected chi connectivity index (χ4v) is 3.21. The van der Waals surface area contributed by atoms with Gasteiger partial charge in [0.05, 0.1) is 23.4 Å². The zero-order chi connectivity index (χ0) is 23.8. The lowest BCUT2D eigenvalue weighted by Crippen LogP contribution is -2.32. The number of benzene rings is 3. The molecule has 3 rings (SSSR count). The van der Waals surface area contributed by atoms with Crippen molar-refractivity contribution in [2.45, 2.75) is 6.61 Å². The molecule has 0 heterocycles. The second kappa shape index (κ2) is 11.6. The van der Waals surface area contributed by atoms with Crippen LogP contribution in [-0.2, 0) is 16.2 Å². The van der Waals surface area contributed by atoms with Crippen LogP contribution < -0.4 is 20.2 Å². The predicted octanol–water partition coefficient (Wildman–Crippen LogP) is 5.32. The molecule has 0 bridgehead atoms. The van der Waals surface area contributed by atoms with Crippen molar-refractivity contribution < 1.29 is 19.1 Å². The number of ether oxygens (including phenoxy) is 2. The first-order valence-electron chi connectivity index (χ1n) is 9.51. The standard InChI is InChI=1S/C23H18Cl3N3O4/c1-32-20-7-2-4-15(21(20)33-13-14-8-9-18(25)19(26)10-14)12-27-29-23(31)22(30)28-17-6-3-5-16(24)11-17/h2-12H,13H2,1H3,(H,28,30)(H,29,31)/b27-12-. The van der Waals surface area contributed by atoms with Crippen LogP contribution in [0.3, 0.4) is 0 Å². The van der Waals surface area contributed by atoms with Gasteiger partial charge >= 0.3 is 11.8 Å². The molecule has 0 aliphatic carbocycles. The van der Waals surface area contributed by atoms with Crippen LogP contribution in [0.15, 0.2) is 65.8 Å². The third-order valence-electron chi connectivity index (χ3n) is 4.25. The molecule has 0 fully saturated rings. The predicted molar refractivity (Wildman–Crippen MR) is 130 cm³/mol. The van der Waals surface area contributed by atoms with Gasteiger partial charge < -0.3 is 14.8 Å². The van der Waals surface area contributed by atoms with Gasteiger partial charge in [0.2, 0.25) is 0 Å². The maximum Gasteiger partial charge on any atom is 0.329 e. The highest BCUT2D eigenvalue weighted by molar-refractivity contribution is 6.42. The van der Waals surface area contributed by atoms with E-state index in [-0.39, 0.29) is 6.61 Å². The first-order valence-corrected chi connectivity index (χ1v) is 10.6. The monoisotopic (exact) mass is 505 g/mol. The molecular formula is C23H18Cl3N3O4. The third kappa shape index (κ3) is 6.86. The number of carbonyl (C=O) groups is 2. The van der Waals surface area contributed by atoms with Gasteiger partial charge in [0.1, 0.15) is 6.61 Å². The lowest BCUT2D eigenvalue weighted by molar-refractivity contribution is -0.136. The highest BCUT2D eigenvalue weighted by atomic mass is 35.5. The van der Waals surface area contributed by atoms with E-state index in [0.29, 0.717) is 37.8 Å². The maximum absolute atomic E-state index is 12.1. The van der Waals surface area contributed by atoms with Crippen LogP contribution in [0.25, 0.3) is 0 Å². The molecule has 0 aliphatic rings. The number of hydrogen-bond acceptors (Lipinski definition) is 5. The summed E-state index contributed by atoms with van der Waals surface area (Å²) in [7, 11) is 1.50. The minimum atomic E-state index is -0.951. The summed E-state index contributed by atoms with van der Waals surface area (Å²) in [5.41, 5.74) is 3.88. The molecule has 0 aliphatic heterocycles. The first-order chi connectivity index (χ1) is 15.9. The maximum atomic E-state index is 12.1. The van der Waals surface area contributed by atoms with Crippen LogP contribution >= 0.6 is 34.8 Å². The zero-order valence-electron chi connectivity index (χ0n) is 17.3. The number of halogens is 3. The molecule has 10 heteroatoms. The van der Waals surface area contributed by atoms with E-state index >= 15 is 0 Å². The van der Waals surface area contributed by atoms with Crippen LogP contribution in [-0.4, -0.2) is 25.1 Å². The molecular weight excluding hydrogens is 489 g/mol. The van der Waals surface area contributed by atoms with Crippen molar-refractivity contribution in [2.75, 3.05) is 12.4 Å². The number of hydrazone groups is 1. The molecule has 7 nitrogen and oxygen atoms in total. The van der Waals surface area contributed by atoms with Crippen LogP contribution in [0.1, 0.15) is 11.1 Å². The number of nitrogens with zero attached hydrogens (tertiary/aromatic N) is 1. The number of para-hydroxylation sites is 1. The van der Waals surface area contributed by atoms with E-state index in [1.807, 2.05) is 0 Å². The minimum Gasteiger partial charge on any atom is -0.493 e. The van der Waals surface area contributed by atoms with Gasteiger partial charge in [-0.05, 0) is 48.0 Å². The molecule has 0 spiro atoms. The Hall–Kier alpha value is -3.26. The van der Waals surface area contributed by atoms with E-state index in [9.17, 15) is 9.59 Å². The van der Waals surface area contributed by atoms with E-state index in [2.05, 4.69) is 15.8 Å². The Kier molecular flexibility index (Phi) is 8.54. The van der Waals surface area contributed by atoms with Crippen LogP contribution in [0.4, 0.5) is 5.69 Å².